The second-order valence-electron chi connectivity index (χ2n) is 4.38. The molecule has 18 heavy (non-hydrogen) atoms. The molecule has 2 aromatic carbocycles. The zero-order chi connectivity index (χ0) is 12.8. The molecule has 0 fully saturated rings. The molecule has 0 saturated carbocycles. The summed E-state index contributed by atoms with van der Waals surface area (Å²) in [6, 6.07) is 19.7. The van der Waals surface area contributed by atoms with Gasteiger partial charge in [0.15, 0.2) is 0 Å². The van der Waals surface area contributed by atoms with Gasteiger partial charge < -0.3 is 5.32 Å². The van der Waals surface area contributed by atoms with E-state index in [1.165, 1.54) is 16.0 Å². The number of hydrogen-bond donors (Lipinski definition) is 1. The van der Waals surface area contributed by atoms with Crippen LogP contribution < -0.4 is 5.32 Å². The summed E-state index contributed by atoms with van der Waals surface area (Å²) in [5.41, 5.74) is 2.66. The number of rotatable bonds is 5. The first-order valence-corrected chi connectivity index (χ1v) is 7.20. The lowest BCUT2D eigenvalue weighted by molar-refractivity contribution is 0.662. The number of thioether (sulfide) groups is 1. The highest BCUT2D eigenvalue weighted by Gasteiger charge is 2.08. The number of hydrogen-bond acceptors (Lipinski definition) is 2. The van der Waals surface area contributed by atoms with Crippen molar-refractivity contribution < 1.29 is 0 Å². The molecule has 0 aliphatic rings. The van der Waals surface area contributed by atoms with E-state index < -0.39 is 0 Å². The van der Waals surface area contributed by atoms with Gasteiger partial charge in [-0.1, -0.05) is 48.0 Å². The minimum Gasteiger partial charge on any atom is -0.312 e. The van der Waals surface area contributed by atoms with E-state index in [4.69, 9.17) is 0 Å². The molecule has 0 radical (unpaired) electrons. The van der Waals surface area contributed by atoms with E-state index in [0.717, 1.165) is 5.75 Å². The molecule has 0 amide bonds. The fourth-order valence-corrected chi connectivity index (χ4v) is 2.89. The molecule has 0 aliphatic heterocycles. The van der Waals surface area contributed by atoms with Crippen LogP contribution in [0.4, 0.5) is 0 Å². The van der Waals surface area contributed by atoms with Crippen LogP contribution in [0.2, 0.25) is 0 Å². The van der Waals surface area contributed by atoms with E-state index in [1.54, 1.807) is 0 Å². The summed E-state index contributed by atoms with van der Waals surface area (Å²) in [4.78, 5) is 1.33. The summed E-state index contributed by atoms with van der Waals surface area (Å²) in [6.07, 6.45) is 0. The maximum absolute atomic E-state index is 3.38. The lowest BCUT2D eigenvalue weighted by Crippen LogP contribution is -2.18. The zero-order valence-electron chi connectivity index (χ0n) is 10.9. The van der Waals surface area contributed by atoms with Gasteiger partial charge >= 0.3 is 0 Å². The summed E-state index contributed by atoms with van der Waals surface area (Å²) < 4.78 is 0. The molecule has 2 rings (SSSR count). The maximum atomic E-state index is 3.38. The van der Waals surface area contributed by atoms with Crippen molar-refractivity contribution in [3.8, 4) is 0 Å². The number of benzene rings is 2. The molecule has 0 aliphatic carbocycles. The predicted octanol–water partition coefficient (Wildman–Crippen LogP) is 4.05. The van der Waals surface area contributed by atoms with E-state index in [-0.39, 0.29) is 0 Å². The van der Waals surface area contributed by atoms with Crippen molar-refractivity contribution in [2.75, 3.05) is 12.8 Å². The van der Waals surface area contributed by atoms with Crippen LogP contribution in [0, 0.1) is 6.92 Å². The van der Waals surface area contributed by atoms with Crippen LogP contribution in [-0.2, 0) is 0 Å². The fraction of sp³-hybridized carbons (Fsp3) is 0.250. The van der Waals surface area contributed by atoms with Crippen LogP contribution in [0.5, 0.6) is 0 Å². The van der Waals surface area contributed by atoms with Crippen molar-refractivity contribution in [3.63, 3.8) is 0 Å². The van der Waals surface area contributed by atoms with Gasteiger partial charge in [0.05, 0.1) is 0 Å². The summed E-state index contributed by atoms with van der Waals surface area (Å²) in [5, 5.41) is 3.38. The van der Waals surface area contributed by atoms with Crippen LogP contribution in [0.3, 0.4) is 0 Å². The molecule has 1 atom stereocenters. The van der Waals surface area contributed by atoms with Gasteiger partial charge in [0, 0.05) is 16.7 Å². The quantitative estimate of drug-likeness (QED) is 0.811. The van der Waals surface area contributed by atoms with Crippen molar-refractivity contribution in [2.24, 2.45) is 0 Å². The molecule has 1 unspecified atom stereocenters. The molecule has 94 valence electrons. The number of nitrogens with one attached hydrogen (secondary N) is 1. The van der Waals surface area contributed by atoms with Crippen molar-refractivity contribution >= 4 is 11.8 Å². The Bertz CT molecular complexity index is 464. The molecule has 0 aromatic heterocycles. The van der Waals surface area contributed by atoms with E-state index >= 15 is 0 Å². The lowest BCUT2D eigenvalue weighted by Gasteiger charge is -2.16. The summed E-state index contributed by atoms with van der Waals surface area (Å²) in [6.45, 7) is 2.12. The second kappa shape index (κ2) is 6.62. The van der Waals surface area contributed by atoms with E-state index in [0.29, 0.717) is 6.04 Å². The average Bonchev–Trinajstić information content (AvgIpc) is 2.43. The largest absolute Gasteiger partial charge is 0.312 e. The molecule has 0 spiro atoms. The molecular weight excluding hydrogens is 238 g/mol. The van der Waals surface area contributed by atoms with Crippen LogP contribution in [0.15, 0.2) is 59.5 Å². The monoisotopic (exact) mass is 257 g/mol. The van der Waals surface area contributed by atoms with Crippen molar-refractivity contribution in [3.05, 3.63) is 65.7 Å². The summed E-state index contributed by atoms with van der Waals surface area (Å²) in [5.74, 6) is 1.05. The Hall–Kier alpha value is -1.25. The molecule has 2 aromatic rings. The van der Waals surface area contributed by atoms with Crippen molar-refractivity contribution in [2.45, 2.75) is 17.9 Å². The molecular formula is C16H19NS. The average molecular weight is 257 g/mol. The Morgan fingerprint density at radius 1 is 1.00 bits per heavy atom. The minimum absolute atomic E-state index is 0.400. The molecule has 1 N–H and O–H groups in total. The molecule has 0 heterocycles. The van der Waals surface area contributed by atoms with E-state index in [9.17, 15) is 0 Å². The van der Waals surface area contributed by atoms with Crippen LogP contribution >= 0.6 is 11.8 Å². The highest BCUT2D eigenvalue weighted by Crippen LogP contribution is 2.24. The molecule has 0 bridgehead atoms. The maximum Gasteiger partial charge on any atom is 0.0412 e. The SMILES string of the molecule is CNC(CSc1ccc(C)cc1)c1ccccc1. The smallest absolute Gasteiger partial charge is 0.0412 e. The van der Waals surface area contributed by atoms with Crippen LogP contribution in [0.25, 0.3) is 0 Å². The van der Waals surface area contributed by atoms with Gasteiger partial charge in [-0.25, -0.2) is 0 Å². The number of aryl methyl sites for hydroxylation is 1. The third-order valence-corrected chi connectivity index (χ3v) is 4.09. The fourth-order valence-electron chi connectivity index (χ4n) is 1.85. The summed E-state index contributed by atoms with van der Waals surface area (Å²) >= 11 is 1.89. The first-order valence-electron chi connectivity index (χ1n) is 6.21. The van der Waals surface area contributed by atoms with Crippen molar-refractivity contribution in [1.82, 2.24) is 5.32 Å². The van der Waals surface area contributed by atoms with Gasteiger partial charge in [-0.15, -0.1) is 11.8 Å². The predicted molar refractivity (Wildman–Crippen MR) is 80.1 cm³/mol. The highest BCUT2D eigenvalue weighted by molar-refractivity contribution is 7.99. The molecule has 2 heteroatoms. The Labute approximate surface area is 114 Å². The first kappa shape index (κ1) is 13.2. The van der Waals surface area contributed by atoms with Gasteiger partial charge in [-0.3, -0.25) is 0 Å². The van der Waals surface area contributed by atoms with Gasteiger partial charge in [0.1, 0.15) is 0 Å². The third kappa shape index (κ3) is 3.62. The molecule has 1 nitrogen and oxygen atoms in total. The standard InChI is InChI=1S/C16H19NS/c1-13-8-10-15(11-9-13)18-12-16(17-2)14-6-4-3-5-7-14/h3-11,16-17H,12H2,1-2H3. The summed E-state index contributed by atoms with van der Waals surface area (Å²) in [7, 11) is 2.02. The van der Waals surface area contributed by atoms with Gasteiger partial charge in [0.2, 0.25) is 0 Å². The van der Waals surface area contributed by atoms with Crippen molar-refractivity contribution in [1.29, 1.82) is 0 Å². The van der Waals surface area contributed by atoms with E-state index in [2.05, 4.69) is 66.8 Å². The third-order valence-electron chi connectivity index (χ3n) is 2.99. The highest BCUT2D eigenvalue weighted by atomic mass is 32.2. The zero-order valence-corrected chi connectivity index (χ0v) is 11.7. The van der Waals surface area contributed by atoms with E-state index in [1.807, 2.05) is 18.8 Å². The normalized spacial score (nSPS) is 12.3. The second-order valence-corrected chi connectivity index (χ2v) is 5.47. The molecule has 0 saturated heterocycles. The Balaban J connectivity index is 1.97. The van der Waals surface area contributed by atoms with Gasteiger partial charge in [-0.2, -0.15) is 0 Å². The van der Waals surface area contributed by atoms with Crippen LogP contribution in [0.1, 0.15) is 17.2 Å². The van der Waals surface area contributed by atoms with Gasteiger partial charge in [-0.05, 0) is 31.7 Å². The Morgan fingerprint density at radius 3 is 2.28 bits per heavy atom. The van der Waals surface area contributed by atoms with Gasteiger partial charge in [0.25, 0.3) is 0 Å². The topological polar surface area (TPSA) is 12.0 Å². The first-order chi connectivity index (χ1) is 8.79. The Morgan fingerprint density at radius 2 is 1.67 bits per heavy atom. The minimum atomic E-state index is 0.400. The Kier molecular flexibility index (Phi) is 4.85. The lowest BCUT2D eigenvalue weighted by atomic mass is 10.1. The van der Waals surface area contributed by atoms with Crippen LogP contribution in [-0.4, -0.2) is 12.8 Å².